The van der Waals surface area contributed by atoms with E-state index in [1.807, 2.05) is 0 Å². The van der Waals surface area contributed by atoms with Crippen molar-refractivity contribution in [3.63, 3.8) is 0 Å². The summed E-state index contributed by atoms with van der Waals surface area (Å²) in [7, 11) is 0. The molecule has 2 amide bonds. The lowest BCUT2D eigenvalue weighted by molar-refractivity contribution is -0.118. The van der Waals surface area contributed by atoms with E-state index in [9.17, 15) is 14.0 Å². The molecule has 0 atom stereocenters. The van der Waals surface area contributed by atoms with Crippen LogP contribution in [0.2, 0.25) is 5.02 Å². The second-order valence-corrected chi connectivity index (χ2v) is 6.98. The number of halogens is 2. The molecular formula is C15H15ClFN5O2S. The number of nitrogens with zero attached hydrogens (tertiary/aromatic N) is 3. The Balaban J connectivity index is 1.64. The first-order valence-corrected chi connectivity index (χ1v) is 8.89. The van der Waals surface area contributed by atoms with Crippen molar-refractivity contribution in [1.82, 2.24) is 14.8 Å². The average molecular weight is 384 g/mol. The van der Waals surface area contributed by atoms with E-state index in [2.05, 4.69) is 15.5 Å². The molecule has 2 aromatic rings. The van der Waals surface area contributed by atoms with Crippen LogP contribution in [0.4, 0.5) is 10.1 Å². The van der Waals surface area contributed by atoms with Crippen molar-refractivity contribution >= 4 is 40.9 Å². The van der Waals surface area contributed by atoms with Crippen LogP contribution in [0.1, 0.15) is 24.6 Å². The highest BCUT2D eigenvalue weighted by Gasteiger charge is 2.31. The van der Waals surface area contributed by atoms with E-state index in [-0.39, 0.29) is 23.2 Å². The number of thioether (sulfide) groups is 1. The van der Waals surface area contributed by atoms with E-state index in [0.717, 1.165) is 36.5 Å². The van der Waals surface area contributed by atoms with Gasteiger partial charge in [0.1, 0.15) is 18.2 Å². The lowest BCUT2D eigenvalue weighted by Gasteiger charge is -2.08. The number of amides is 2. The van der Waals surface area contributed by atoms with Gasteiger partial charge in [-0.05, 0) is 31.0 Å². The fraction of sp³-hybridized carbons (Fsp3) is 0.333. The Hall–Kier alpha value is -2.13. The standard InChI is InChI=1S/C15H15ClFN5O2S/c16-10-5-9(17)3-4-11(10)19-13(24)7-25-15-21-20-14(8-1-2-8)22(15)6-12(18)23/h3-5,8H,1-2,6-7H2,(H2,18,23)(H,19,24). The highest BCUT2D eigenvalue weighted by Crippen LogP contribution is 2.40. The van der Waals surface area contributed by atoms with Crippen LogP contribution in [0.5, 0.6) is 0 Å². The lowest BCUT2D eigenvalue weighted by atomic mass is 10.3. The average Bonchev–Trinajstić information content (AvgIpc) is 3.31. The maximum Gasteiger partial charge on any atom is 0.237 e. The van der Waals surface area contributed by atoms with Gasteiger partial charge in [-0.15, -0.1) is 10.2 Å². The van der Waals surface area contributed by atoms with Crippen LogP contribution in [0, 0.1) is 5.82 Å². The van der Waals surface area contributed by atoms with Crippen molar-refractivity contribution in [2.24, 2.45) is 5.73 Å². The highest BCUT2D eigenvalue weighted by molar-refractivity contribution is 7.99. The summed E-state index contributed by atoms with van der Waals surface area (Å²) in [5, 5.41) is 11.3. The normalized spacial score (nSPS) is 13.7. The molecule has 1 saturated carbocycles. The molecule has 1 aliphatic rings. The highest BCUT2D eigenvalue weighted by atomic mass is 35.5. The third-order valence-corrected chi connectivity index (χ3v) is 4.82. The zero-order valence-electron chi connectivity index (χ0n) is 13.0. The fourth-order valence-electron chi connectivity index (χ4n) is 2.26. The maximum absolute atomic E-state index is 13.0. The van der Waals surface area contributed by atoms with Gasteiger partial charge in [-0.3, -0.25) is 14.2 Å². The van der Waals surface area contributed by atoms with Crippen molar-refractivity contribution in [2.45, 2.75) is 30.5 Å². The summed E-state index contributed by atoms with van der Waals surface area (Å²) < 4.78 is 14.7. The van der Waals surface area contributed by atoms with Gasteiger partial charge in [-0.25, -0.2) is 4.39 Å². The van der Waals surface area contributed by atoms with Gasteiger partial charge in [-0.2, -0.15) is 0 Å². The first kappa shape index (κ1) is 17.7. The molecule has 3 N–H and O–H groups in total. The zero-order valence-corrected chi connectivity index (χ0v) is 14.6. The molecule has 132 valence electrons. The smallest absolute Gasteiger partial charge is 0.237 e. The van der Waals surface area contributed by atoms with E-state index < -0.39 is 11.7 Å². The number of aromatic nitrogens is 3. The van der Waals surface area contributed by atoms with Gasteiger partial charge in [-0.1, -0.05) is 23.4 Å². The second-order valence-electron chi connectivity index (χ2n) is 5.63. The van der Waals surface area contributed by atoms with E-state index >= 15 is 0 Å². The molecule has 0 saturated heterocycles. The quantitative estimate of drug-likeness (QED) is 0.713. The van der Waals surface area contributed by atoms with Gasteiger partial charge in [0.2, 0.25) is 11.8 Å². The van der Waals surface area contributed by atoms with E-state index in [1.165, 1.54) is 12.1 Å². The monoisotopic (exact) mass is 383 g/mol. The summed E-state index contributed by atoms with van der Waals surface area (Å²) >= 11 is 7.02. The van der Waals surface area contributed by atoms with Gasteiger partial charge >= 0.3 is 0 Å². The molecule has 7 nitrogen and oxygen atoms in total. The van der Waals surface area contributed by atoms with E-state index in [0.29, 0.717) is 16.8 Å². The minimum Gasteiger partial charge on any atom is -0.368 e. The largest absolute Gasteiger partial charge is 0.368 e. The topological polar surface area (TPSA) is 103 Å². The number of carbonyl (C=O) groups excluding carboxylic acids is 2. The van der Waals surface area contributed by atoms with Gasteiger partial charge in [0, 0.05) is 5.92 Å². The number of hydrogen-bond donors (Lipinski definition) is 2. The number of nitrogens with one attached hydrogen (secondary N) is 1. The first-order valence-electron chi connectivity index (χ1n) is 7.53. The van der Waals surface area contributed by atoms with Crippen LogP contribution in [0.25, 0.3) is 0 Å². The van der Waals surface area contributed by atoms with Crippen LogP contribution >= 0.6 is 23.4 Å². The van der Waals surface area contributed by atoms with Crippen molar-refractivity contribution in [1.29, 1.82) is 0 Å². The third kappa shape index (κ3) is 4.49. The Morgan fingerprint density at radius 2 is 2.16 bits per heavy atom. The minimum absolute atomic E-state index is 0.0213. The third-order valence-electron chi connectivity index (χ3n) is 3.54. The molecule has 0 spiro atoms. The maximum atomic E-state index is 13.0. The number of carbonyl (C=O) groups is 2. The predicted octanol–water partition coefficient (Wildman–Crippen LogP) is 2.16. The molecule has 1 aromatic heterocycles. The summed E-state index contributed by atoms with van der Waals surface area (Å²) in [4.78, 5) is 23.3. The van der Waals surface area contributed by atoms with Gasteiger partial charge in [0.15, 0.2) is 5.16 Å². The minimum atomic E-state index is -0.494. The van der Waals surface area contributed by atoms with Gasteiger partial charge in [0.05, 0.1) is 16.5 Å². The molecule has 3 rings (SSSR count). The molecule has 0 bridgehead atoms. The van der Waals surface area contributed by atoms with Crippen molar-refractivity contribution in [2.75, 3.05) is 11.1 Å². The first-order chi connectivity index (χ1) is 11.9. The zero-order chi connectivity index (χ0) is 18.0. The van der Waals surface area contributed by atoms with Crippen LogP contribution in [-0.4, -0.2) is 32.3 Å². The number of primary amides is 1. The molecule has 1 heterocycles. The number of anilines is 1. The molecule has 25 heavy (non-hydrogen) atoms. The Bertz CT molecular complexity index is 824. The Morgan fingerprint density at radius 3 is 2.80 bits per heavy atom. The van der Waals surface area contributed by atoms with Gasteiger partial charge in [0.25, 0.3) is 0 Å². The summed E-state index contributed by atoms with van der Waals surface area (Å²) in [5.41, 5.74) is 5.60. The number of hydrogen-bond acceptors (Lipinski definition) is 5. The molecule has 0 unspecified atom stereocenters. The van der Waals surface area contributed by atoms with Crippen molar-refractivity contribution in [3.8, 4) is 0 Å². The summed E-state index contributed by atoms with van der Waals surface area (Å²) in [6, 6.07) is 3.72. The van der Waals surface area contributed by atoms with Gasteiger partial charge < -0.3 is 11.1 Å². The summed E-state index contributed by atoms with van der Waals surface area (Å²) in [6.07, 6.45) is 2.01. The molecule has 10 heteroatoms. The molecule has 1 aromatic carbocycles. The Labute approximate surface area is 152 Å². The van der Waals surface area contributed by atoms with Crippen LogP contribution in [0.15, 0.2) is 23.4 Å². The summed E-state index contributed by atoms with van der Waals surface area (Å²) in [5.74, 6) is -0.248. The van der Waals surface area contributed by atoms with E-state index in [4.69, 9.17) is 17.3 Å². The molecular weight excluding hydrogens is 369 g/mol. The summed E-state index contributed by atoms with van der Waals surface area (Å²) in [6.45, 7) is -0.0213. The van der Waals surface area contributed by atoms with Crippen LogP contribution < -0.4 is 11.1 Å². The van der Waals surface area contributed by atoms with Crippen LogP contribution in [-0.2, 0) is 16.1 Å². The Morgan fingerprint density at radius 1 is 1.40 bits per heavy atom. The van der Waals surface area contributed by atoms with Crippen molar-refractivity contribution < 1.29 is 14.0 Å². The number of rotatable bonds is 7. The molecule has 1 aliphatic carbocycles. The number of nitrogens with two attached hydrogens (primary N) is 1. The van der Waals surface area contributed by atoms with E-state index in [1.54, 1.807) is 4.57 Å². The Kier molecular flexibility index (Phi) is 5.24. The SMILES string of the molecule is NC(=O)Cn1c(SCC(=O)Nc2ccc(F)cc2Cl)nnc1C1CC1. The number of benzene rings is 1. The molecule has 0 radical (unpaired) electrons. The second kappa shape index (κ2) is 7.40. The van der Waals surface area contributed by atoms with Crippen LogP contribution in [0.3, 0.4) is 0 Å². The molecule has 1 fully saturated rings. The predicted molar refractivity (Wildman–Crippen MR) is 92.0 cm³/mol. The lowest BCUT2D eigenvalue weighted by Crippen LogP contribution is -2.21. The fourth-order valence-corrected chi connectivity index (χ4v) is 3.22. The molecule has 0 aliphatic heterocycles. The van der Waals surface area contributed by atoms with Crippen molar-refractivity contribution in [3.05, 3.63) is 34.9 Å².